The second kappa shape index (κ2) is 6.47. The van der Waals surface area contributed by atoms with Crippen molar-refractivity contribution in [2.75, 3.05) is 27.4 Å². The van der Waals surface area contributed by atoms with Gasteiger partial charge >= 0.3 is 11.9 Å². The van der Waals surface area contributed by atoms with Gasteiger partial charge in [-0.2, -0.15) is 0 Å². The highest BCUT2D eigenvalue weighted by atomic mass is 16.6. The molecule has 4 radical (unpaired) electrons. The van der Waals surface area contributed by atoms with Gasteiger partial charge in [0.25, 0.3) is 16.1 Å². The van der Waals surface area contributed by atoms with Crippen molar-refractivity contribution < 1.29 is 28.4 Å². The quantitative estimate of drug-likeness (QED) is 0.303. The largest absolute Gasteiger partial charge is 0.468 e. The van der Waals surface area contributed by atoms with E-state index < -0.39 is 30.6 Å². The topological polar surface area (TPSA) is 71.1 Å². The zero-order chi connectivity index (χ0) is 11.9. The lowest BCUT2D eigenvalue weighted by molar-refractivity contribution is -0.174. The summed E-state index contributed by atoms with van der Waals surface area (Å²) in [4.78, 5) is 22.8. The van der Waals surface area contributed by atoms with Crippen molar-refractivity contribution in [3.63, 3.8) is 0 Å². The molecule has 0 aromatic heterocycles. The average Bonchev–Trinajstić information content (AvgIpc) is 2.26. The molecule has 0 atom stereocenters. The molecule has 8 heteroatoms. The predicted molar refractivity (Wildman–Crippen MR) is 49.9 cm³/mol. The van der Waals surface area contributed by atoms with Gasteiger partial charge in [0.1, 0.15) is 0 Å². The van der Waals surface area contributed by atoms with Gasteiger partial charge in [-0.15, -0.1) is 0 Å². The number of carbonyl (C=O) groups excluding carboxylic acids is 2. The molecule has 0 saturated carbocycles. The van der Waals surface area contributed by atoms with Crippen LogP contribution >= 0.6 is 0 Å². The summed E-state index contributed by atoms with van der Waals surface area (Å²) >= 11 is 0. The summed E-state index contributed by atoms with van der Waals surface area (Å²) < 4.78 is 17.4. The highest BCUT2D eigenvalue weighted by Crippen LogP contribution is 2.22. The minimum Gasteiger partial charge on any atom is -0.468 e. The van der Waals surface area contributed by atoms with Gasteiger partial charge in [-0.05, 0) is 0 Å². The molecule has 15 heavy (non-hydrogen) atoms. The first-order chi connectivity index (χ1) is 7.08. The number of hydrogen-bond donors (Lipinski definition) is 0. The fourth-order valence-corrected chi connectivity index (χ4v) is 1.04. The Hall–Kier alpha value is -1.01. The molecule has 0 unspecified atom stereocenters. The van der Waals surface area contributed by atoms with Crippen molar-refractivity contribution >= 4 is 28.0 Å². The number of carbonyl (C=O) groups is 2. The van der Waals surface area contributed by atoms with E-state index in [1.54, 1.807) is 0 Å². The molecule has 0 amide bonds. The van der Waals surface area contributed by atoms with Gasteiger partial charge in [-0.1, -0.05) is 0 Å². The van der Waals surface area contributed by atoms with Crippen LogP contribution in [0.4, 0.5) is 0 Å². The molecular formula is C7H10B2O6. The maximum atomic E-state index is 11.4. The molecule has 0 saturated heterocycles. The number of esters is 2. The molecule has 0 heterocycles. The standard InChI is InChI=1S/C7H10B2O6/c1-12-5(10)7(3-14-8,4-15-9)6(11)13-2/h3-4H2,1-2H3. The van der Waals surface area contributed by atoms with Crippen LogP contribution in [0.1, 0.15) is 0 Å². The van der Waals surface area contributed by atoms with Gasteiger partial charge in [-0.3, -0.25) is 9.59 Å². The Balaban J connectivity index is 5.05. The highest BCUT2D eigenvalue weighted by molar-refractivity contribution is 6.03. The van der Waals surface area contributed by atoms with Crippen LogP contribution in [-0.4, -0.2) is 55.5 Å². The van der Waals surface area contributed by atoms with E-state index in [-0.39, 0.29) is 0 Å². The minimum absolute atomic E-state index is 0.455. The molecule has 0 aliphatic rings. The van der Waals surface area contributed by atoms with Crippen LogP contribution in [0.25, 0.3) is 0 Å². The van der Waals surface area contributed by atoms with Gasteiger partial charge in [0.2, 0.25) is 5.41 Å². The molecule has 80 valence electrons. The molecular weight excluding hydrogens is 202 g/mol. The Labute approximate surface area is 90.1 Å². The monoisotopic (exact) mass is 212 g/mol. The van der Waals surface area contributed by atoms with Crippen LogP contribution in [0.2, 0.25) is 0 Å². The molecule has 0 aromatic carbocycles. The number of rotatable bonds is 6. The Morgan fingerprint density at radius 1 is 1.00 bits per heavy atom. The van der Waals surface area contributed by atoms with E-state index in [9.17, 15) is 9.59 Å². The summed E-state index contributed by atoms with van der Waals surface area (Å²) in [5, 5.41) is 0. The Morgan fingerprint density at radius 3 is 1.53 bits per heavy atom. The van der Waals surface area contributed by atoms with Crippen LogP contribution in [-0.2, 0) is 28.4 Å². The summed E-state index contributed by atoms with van der Waals surface area (Å²) in [6.45, 7) is -0.910. The average molecular weight is 212 g/mol. The molecule has 0 N–H and O–H groups in total. The zero-order valence-corrected chi connectivity index (χ0v) is 8.52. The predicted octanol–water partition coefficient (Wildman–Crippen LogP) is -1.48. The van der Waals surface area contributed by atoms with Crippen molar-refractivity contribution in [3.05, 3.63) is 0 Å². The molecule has 0 aliphatic carbocycles. The summed E-state index contributed by atoms with van der Waals surface area (Å²) in [7, 11) is 11.8. The van der Waals surface area contributed by atoms with Gasteiger partial charge in [-0.25, -0.2) is 0 Å². The Kier molecular flexibility index (Phi) is 6.03. The van der Waals surface area contributed by atoms with Crippen LogP contribution < -0.4 is 0 Å². The van der Waals surface area contributed by atoms with Gasteiger partial charge in [0.15, 0.2) is 0 Å². The van der Waals surface area contributed by atoms with E-state index in [4.69, 9.17) is 16.1 Å². The number of ether oxygens (including phenoxy) is 2. The smallest absolute Gasteiger partial charge is 0.327 e. The van der Waals surface area contributed by atoms with Crippen molar-refractivity contribution in [1.82, 2.24) is 0 Å². The second-order valence-corrected chi connectivity index (χ2v) is 2.69. The van der Waals surface area contributed by atoms with E-state index in [0.29, 0.717) is 0 Å². The molecule has 0 bridgehead atoms. The van der Waals surface area contributed by atoms with E-state index in [2.05, 4.69) is 18.8 Å². The van der Waals surface area contributed by atoms with Crippen LogP contribution in [0.3, 0.4) is 0 Å². The zero-order valence-electron chi connectivity index (χ0n) is 8.52. The highest BCUT2D eigenvalue weighted by Gasteiger charge is 2.48. The first-order valence-corrected chi connectivity index (χ1v) is 3.89. The summed E-state index contributed by atoms with van der Waals surface area (Å²) in [6, 6.07) is 0. The molecule has 0 aliphatic heterocycles. The fraction of sp³-hybridized carbons (Fsp3) is 0.714. The summed E-state index contributed by atoms with van der Waals surface area (Å²) in [5.74, 6) is -1.80. The molecule has 6 nitrogen and oxygen atoms in total. The third-order valence-corrected chi connectivity index (χ3v) is 1.81. The Morgan fingerprint density at radius 2 is 1.33 bits per heavy atom. The summed E-state index contributed by atoms with van der Waals surface area (Å²) in [5.41, 5.74) is -1.80. The molecule has 0 spiro atoms. The van der Waals surface area contributed by atoms with E-state index in [0.717, 1.165) is 14.2 Å². The van der Waals surface area contributed by atoms with Crippen LogP contribution in [0.5, 0.6) is 0 Å². The van der Waals surface area contributed by atoms with Crippen LogP contribution in [0.15, 0.2) is 0 Å². The van der Waals surface area contributed by atoms with Crippen molar-refractivity contribution in [3.8, 4) is 0 Å². The molecule has 0 aromatic rings. The number of methoxy groups -OCH3 is 2. The van der Waals surface area contributed by atoms with Gasteiger partial charge in [0, 0.05) is 0 Å². The molecule has 0 fully saturated rings. The lowest BCUT2D eigenvalue weighted by Gasteiger charge is -2.26. The fourth-order valence-electron chi connectivity index (χ4n) is 1.04. The normalized spacial score (nSPS) is 10.8. The number of hydrogen-bond acceptors (Lipinski definition) is 6. The summed E-state index contributed by atoms with van der Waals surface area (Å²) in [6.07, 6.45) is 0. The second-order valence-electron chi connectivity index (χ2n) is 2.69. The third-order valence-electron chi connectivity index (χ3n) is 1.81. The first-order valence-electron chi connectivity index (χ1n) is 3.89. The Bertz CT molecular complexity index is 208. The van der Waals surface area contributed by atoms with Gasteiger partial charge < -0.3 is 18.8 Å². The van der Waals surface area contributed by atoms with Crippen molar-refractivity contribution in [2.24, 2.45) is 5.41 Å². The SMILES string of the molecule is [B]OCC(CO[B])(C(=O)OC)C(=O)OC. The van der Waals surface area contributed by atoms with Crippen molar-refractivity contribution in [1.29, 1.82) is 0 Å². The van der Waals surface area contributed by atoms with Crippen molar-refractivity contribution in [2.45, 2.75) is 0 Å². The van der Waals surface area contributed by atoms with E-state index in [1.165, 1.54) is 0 Å². The molecule has 0 rings (SSSR count). The first kappa shape index (κ1) is 14.0. The maximum Gasteiger partial charge on any atom is 0.327 e. The van der Waals surface area contributed by atoms with E-state index >= 15 is 0 Å². The lowest BCUT2D eigenvalue weighted by atomic mass is 9.89. The van der Waals surface area contributed by atoms with E-state index in [1.807, 2.05) is 0 Å². The minimum atomic E-state index is -1.80. The third kappa shape index (κ3) is 2.97. The maximum absolute atomic E-state index is 11.4. The van der Waals surface area contributed by atoms with Crippen LogP contribution in [0, 0.1) is 5.41 Å². The van der Waals surface area contributed by atoms with Gasteiger partial charge in [0.05, 0.1) is 27.4 Å². The lowest BCUT2D eigenvalue weighted by Crippen LogP contribution is -2.48.